The Bertz CT molecular complexity index is 489. The molecule has 18 heavy (non-hydrogen) atoms. The Morgan fingerprint density at radius 3 is 2.33 bits per heavy atom. The van der Waals surface area contributed by atoms with E-state index >= 15 is 0 Å². The minimum absolute atomic E-state index is 0.0525. The van der Waals surface area contributed by atoms with Gasteiger partial charge in [0.2, 0.25) is 0 Å². The molecule has 0 spiro atoms. The second kappa shape index (κ2) is 4.49. The zero-order valence-corrected chi connectivity index (χ0v) is 13.0. The van der Waals surface area contributed by atoms with Gasteiger partial charge in [-0.3, -0.25) is 4.79 Å². The number of pyridine rings is 1. The molecule has 0 atom stereocenters. The van der Waals surface area contributed by atoms with Crippen molar-refractivity contribution in [1.82, 2.24) is 4.57 Å². The predicted molar refractivity (Wildman–Crippen MR) is 75.9 cm³/mol. The molecule has 0 N–H and O–H groups in total. The van der Waals surface area contributed by atoms with Crippen molar-refractivity contribution in [3.05, 3.63) is 33.2 Å². The molecule has 0 amide bonds. The first-order valence-corrected chi connectivity index (χ1v) is 7.06. The minimum atomic E-state index is -0.200. The number of ether oxygens (including phenoxy) is 1. The summed E-state index contributed by atoms with van der Waals surface area (Å²) in [6.07, 6.45) is 3.59. The molecule has 1 fully saturated rings. The maximum Gasteiger partial charge on any atom is 0.250 e. The van der Waals surface area contributed by atoms with Gasteiger partial charge in [-0.25, -0.2) is 0 Å². The van der Waals surface area contributed by atoms with Crippen molar-refractivity contribution in [1.29, 1.82) is 0 Å². The number of rotatable bonds is 1. The van der Waals surface area contributed by atoms with Crippen molar-refractivity contribution in [2.24, 2.45) is 0 Å². The number of hydrogen-bond acceptors (Lipinski definition) is 2. The van der Waals surface area contributed by atoms with Gasteiger partial charge in [0.15, 0.2) is 0 Å². The van der Waals surface area contributed by atoms with E-state index in [4.69, 9.17) is 4.74 Å². The highest BCUT2D eigenvalue weighted by atomic mass is 79.9. The van der Waals surface area contributed by atoms with Crippen LogP contribution in [-0.2, 0) is 4.74 Å². The fraction of sp³-hybridized carbons (Fsp3) is 0.643. The van der Waals surface area contributed by atoms with Gasteiger partial charge in [-0.2, -0.15) is 0 Å². The summed E-state index contributed by atoms with van der Waals surface area (Å²) in [6.45, 7) is 8.35. The Morgan fingerprint density at radius 2 is 1.78 bits per heavy atom. The van der Waals surface area contributed by atoms with Crippen LogP contribution in [0.3, 0.4) is 0 Å². The monoisotopic (exact) mass is 313 g/mol. The van der Waals surface area contributed by atoms with Gasteiger partial charge in [-0.1, -0.05) is 0 Å². The third kappa shape index (κ3) is 3.04. The van der Waals surface area contributed by atoms with Gasteiger partial charge in [0.05, 0.1) is 11.2 Å². The predicted octanol–water partition coefficient (Wildman–Crippen LogP) is 3.52. The van der Waals surface area contributed by atoms with E-state index in [2.05, 4.69) is 43.6 Å². The van der Waals surface area contributed by atoms with Crippen LogP contribution in [-0.4, -0.2) is 15.8 Å². The summed E-state index contributed by atoms with van der Waals surface area (Å²) in [5, 5.41) is 0. The molecule has 0 radical (unpaired) electrons. The molecule has 1 aliphatic heterocycles. The molecule has 2 heterocycles. The first-order chi connectivity index (χ1) is 8.19. The van der Waals surface area contributed by atoms with Crippen LogP contribution >= 0.6 is 15.9 Å². The summed E-state index contributed by atoms with van der Waals surface area (Å²) in [4.78, 5) is 12.0. The average Bonchev–Trinajstić information content (AvgIpc) is 2.17. The molecule has 3 nitrogen and oxygen atoms in total. The number of aromatic nitrogens is 1. The van der Waals surface area contributed by atoms with Crippen LogP contribution in [0.2, 0.25) is 0 Å². The number of halogens is 1. The largest absolute Gasteiger partial charge is 0.370 e. The van der Waals surface area contributed by atoms with Gasteiger partial charge in [-0.05, 0) is 62.5 Å². The van der Waals surface area contributed by atoms with Crippen molar-refractivity contribution in [2.75, 3.05) is 0 Å². The highest BCUT2D eigenvalue weighted by Gasteiger charge is 2.40. The molecule has 0 aliphatic carbocycles. The minimum Gasteiger partial charge on any atom is -0.370 e. The van der Waals surface area contributed by atoms with E-state index in [-0.39, 0.29) is 22.8 Å². The summed E-state index contributed by atoms with van der Waals surface area (Å²) < 4.78 is 8.82. The number of hydrogen-bond donors (Lipinski definition) is 0. The summed E-state index contributed by atoms with van der Waals surface area (Å²) in [5.41, 5.74) is -0.348. The molecule has 100 valence electrons. The Labute approximate surface area is 116 Å². The SMILES string of the molecule is CC1(C)CC(n2cc(Br)ccc2=O)CC(C)(C)O1. The lowest BCUT2D eigenvalue weighted by Gasteiger charge is -2.45. The third-order valence-corrected chi connectivity index (χ3v) is 3.77. The highest BCUT2D eigenvalue weighted by Crippen LogP contribution is 2.40. The molecule has 4 heteroatoms. The maximum absolute atomic E-state index is 12.0. The molecular formula is C14H20BrNO2. The van der Waals surface area contributed by atoms with Crippen molar-refractivity contribution < 1.29 is 4.74 Å². The molecule has 0 aromatic carbocycles. The summed E-state index contributed by atoms with van der Waals surface area (Å²) in [6, 6.07) is 3.59. The second-order valence-corrected chi connectivity index (χ2v) is 7.19. The van der Waals surface area contributed by atoms with E-state index in [0.717, 1.165) is 17.3 Å². The Hall–Kier alpha value is -0.610. The molecule has 0 unspecified atom stereocenters. The Morgan fingerprint density at radius 1 is 1.22 bits per heavy atom. The fourth-order valence-corrected chi connectivity index (χ4v) is 3.35. The molecule has 1 aromatic heterocycles. The van der Waals surface area contributed by atoms with Crippen LogP contribution in [0, 0.1) is 0 Å². The van der Waals surface area contributed by atoms with Crippen LogP contribution in [0.15, 0.2) is 27.6 Å². The topological polar surface area (TPSA) is 31.2 Å². The molecular weight excluding hydrogens is 294 g/mol. The summed E-state index contributed by atoms with van der Waals surface area (Å²) in [5.74, 6) is 0. The van der Waals surface area contributed by atoms with E-state index in [1.165, 1.54) is 0 Å². The lowest BCUT2D eigenvalue weighted by Crippen LogP contribution is -2.47. The zero-order valence-electron chi connectivity index (χ0n) is 11.4. The van der Waals surface area contributed by atoms with Gasteiger partial charge < -0.3 is 9.30 Å². The van der Waals surface area contributed by atoms with Crippen molar-refractivity contribution in [2.45, 2.75) is 57.8 Å². The first-order valence-electron chi connectivity index (χ1n) is 6.26. The average molecular weight is 314 g/mol. The smallest absolute Gasteiger partial charge is 0.250 e. The molecule has 0 bridgehead atoms. The van der Waals surface area contributed by atoms with Gasteiger partial charge in [0.25, 0.3) is 5.56 Å². The second-order valence-electron chi connectivity index (χ2n) is 6.28. The van der Waals surface area contributed by atoms with Gasteiger partial charge >= 0.3 is 0 Å². The molecule has 1 saturated heterocycles. The Balaban J connectivity index is 2.38. The maximum atomic E-state index is 12.0. The van der Waals surface area contributed by atoms with Crippen LogP contribution in [0.5, 0.6) is 0 Å². The van der Waals surface area contributed by atoms with Crippen LogP contribution in [0.4, 0.5) is 0 Å². The standard InChI is InChI=1S/C14H20BrNO2/c1-13(2)7-11(8-14(3,4)18-13)16-9-10(15)5-6-12(16)17/h5-6,9,11H,7-8H2,1-4H3. The van der Waals surface area contributed by atoms with E-state index in [0.29, 0.717) is 0 Å². The van der Waals surface area contributed by atoms with Gasteiger partial charge in [0, 0.05) is 22.8 Å². The molecule has 2 rings (SSSR count). The fourth-order valence-electron chi connectivity index (χ4n) is 3.00. The lowest BCUT2D eigenvalue weighted by molar-refractivity contribution is -0.169. The summed E-state index contributed by atoms with van der Waals surface area (Å²) >= 11 is 3.43. The van der Waals surface area contributed by atoms with Crippen LogP contribution in [0.25, 0.3) is 0 Å². The normalized spacial score (nSPS) is 22.9. The number of nitrogens with zero attached hydrogens (tertiary/aromatic N) is 1. The first kappa shape index (κ1) is 13.8. The van der Waals surface area contributed by atoms with E-state index in [1.54, 1.807) is 12.1 Å². The van der Waals surface area contributed by atoms with E-state index < -0.39 is 0 Å². The third-order valence-electron chi connectivity index (χ3n) is 3.30. The molecule has 1 aromatic rings. The van der Waals surface area contributed by atoms with Crippen molar-refractivity contribution >= 4 is 15.9 Å². The Kier molecular flexibility index (Phi) is 3.45. The van der Waals surface area contributed by atoms with Crippen molar-refractivity contribution in [3.63, 3.8) is 0 Å². The quantitative estimate of drug-likeness (QED) is 0.794. The zero-order chi connectivity index (χ0) is 13.6. The lowest BCUT2D eigenvalue weighted by atomic mass is 9.85. The van der Waals surface area contributed by atoms with Gasteiger partial charge in [-0.15, -0.1) is 0 Å². The van der Waals surface area contributed by atoms with E-state index in [1.807, 2.05) is 10.8 Å². The highest BCUT2D eigenvalue weighted by molar-refractivity contribution is 9.10. The summed E-state index contributed by atoms with van der Waals surface area (Å²) in [7, 11) is 0. The van der Waals surface area contributed by atoms with Crippen LogP contribution in [0.1, 0.15) is 46.6 Å². The molecule has 0 saturated carbocycles. The molecule has 1 aliphatic rings. The van der Waals surface area contributed by atoms with E-state index in [9.17, 15) is 4.79 Å². The van der Waals surface area contributed by atoms with Crippen molar-refractivity contribution in [3.8, 4) is 0 Å². The van der Waals surface area contributed by atoms with Crippen LogP contribution < -0.4 is 5.56 Å². The van der Waals surface area contributed by atoms with Gasteiger partial charge in [0.1, 0.15) is 0 Å².